The minimum Gasteiger partial charge on any atom is -0.350 e. The van der Waals surface area contributed by atoms with Crippen LogP contribution in [0.5, 0.6) is 0 Å². The summed E-state index contributed by atoms with van der Waals surface area (Å²) >= 11 is 1.63. The number of hydrogen-bond acceptors (Lipinski definition) is 3. The highest BCUT2D eigenvalue weighted by atomic mass is 32.1. The molecule has 3 nitrogen and oxygen atoms in total. The van der Waals surface area contributed by atoms with Crippen molar-refractivity contribution in [3.05, 3.63) is 22.4 Å². The lowest BCUT2D eigenvalue weighted by Gasteiger charge is -2.09. The Bertz CT molecular complexity index is 272. The molecule has 0 aliphatic heterocycles. The van der Waals surface area contributed by atoms with E-state index in [1.54, 1.807) is 11.3 Å². The molecule has 4 heteroatoms. The van der Waals surface area contributed by atoms with Crippen molar-refractivity contribution in [1.29, 1.82) is 0 Å². The standard InChI is InChI=1S/C10H16N2OS/c1-2-4-9(11)10(13)12-7-8-5-3-6-14-8/h3,5-6,9H,2,4,7,11H2,1H3,(H,12,13). The van der Waals surface area contributed by atoms with Gasteiger partial charge in [0.25, 0.3) is 0 Å². The maximum atomic E-state index is 11.4. The maximum Gasteiger partial charge on any atom is 0.237 e. The van der Waals surface area contributed by atoms with Crippen molar-refractivity contribution in [2.75, 3.05) is 0 Å². The van der Waals surface area contributed by atoms with Gasteiger partial charge in [-0.05, 0) is 17.9 Å². The van der Waals surface area contributed by atoms with Crippen LogP contribution in [0.25, 0.3) is 0 Å². The minimum absolute atomic E-state index is 0.0553. The number of thiophene rings is 1. The molecule has 0 fully saturated rings. The van der Waals surface area contributed by atoms with E-state index in [-0.39, 0.29) is 11.9 Å². The molecule has 0 radical (unpaired) electrons. The Kier molecular flexibility index (Phi) is 4.62. The smallest absolute Gasteiger partial charge is 0.237 e. The van der Waals surface area contributed by atoms with E-state index in [9.17, 15) is 4.79 Å². The van der Waals surface area contributed by atoms with Gasteiger partial charge >= 0.3 is 0 Å². The van der Waals surface area contributed by atoms with Gasteiger partial charge in [0.15, 0.2) is 0 Å². The summed E-state index contributed by atoms with van der Waals surface area (Å²) in [6, 6.07) is 3.61. The molecular weight excluding hydrogens is 196 g/mol. The first-order valence-corrected chi connectivity index (χ1v) is 5.67. The summed E-state index contributed by atoms with van der Waals surface area (Å²) in [6.07, 6.45) is 1.68. The highest BCUT2D eigenvalue weighted by molar-refractivity contribution is 7.09. The van der Waals surface area contributed by atoms with Gasteiger partial charge in [-0.3, -0.25) is 4.79 Å². The molecule has 1 aromatic heterocycles. The van der Waals surface area contributed by atoms with Gasteiger partial charge in [0.2, 0.25) is 5.91 Å². The number of hydrogen-bond donors (Lipinski definition) is 2. The van der Waals surface area contributed by atoms with Gasteiger partial charge in [0.1, 0.15) is 0 Å². The van der Waals surface area contributed by atoms with Crippen molar-refractivity contribution >= 4 is 17.2 Å². The number of carbonyl (C=O) groups excluding carboxylic acids is 1. The van der Waals surface area contributed by atoms with Crippen molar-refractivity contribution in [3.8, 4) is 0 Å². The zero-order valence-corrected chi connectivity index (χ0v) is 9.14. The second kappa shape index (κ2) is 5.78. The van der Waals surface area contributed by atoms with Crippen LogP contribution in [0.2, 0.25) is 0 Å². The molecule has 1 rings (SSSR count). The fourth-order valence-corrected chi connectivity index (χ4v) is 1.81. The molecule has 0 bridgehead atoms. The number of nitrogens with one attached hydrogen (secondary N) is 1. The topological polar surface area (TPSA) is 55.1 Å². The molecule has 0 saturated heterocycles. The normalized spacial score (nSPS) is 12.4. The fraction of sp³-hybridized carbons (Fsp3) is 0.500. The maximum absolute atomic E-state index is 11.4. The second-order valence-electron chi connectivity index (χ2n) is 3.19. The van der Waals surface area contributed by atoms with E-state index >= 15 is 0 Å². The molecule has 3 N–H and O–H groups in total. The average Bonchev–Trinajstić information content (AvgIpc) is 2.67. The van der Waals surface area contributed by atoms with Gasteiger partial charge in [-0.25, -0.2) is 0 Å². The number of rotatable bonds is 5. The van der Waals surface area contributed by atoms with Crippen LogP contribution in [0, 0.1) is 0 Å². The Balaban J connectivity index is 2.27. The Hall–Kier alpha value is -0.870. The van der Waals surface area contributed by atoms with Crippen LogP contribution in [0.3, 0.4) is 0 Å². The summed E-state index contributed by atoms with van der Waals surface area (Å²) in [5, 5.41) is 4.81. The van der Waals surface area contributed by atoms with Crippen molar-refractivity contribution in [2.24, 2.45) is 5.73 Å². The van der Waals surface area contributed by atoms with Crippen LogP contribution < -0.4 is 11.1 Å². The summed E-state index contributed by atoms with van der Waals surface area (Å²) in [7, 11) is 0. The number of carbonyl (C=O) groups is 1. The van der Waals surface area contributed by atoms with Crippen LogP contribution in [0.4, 0.5) is 0 Å². The molecule has 78 valence electrons. The average molecular weight is 212 g/mol. The lowest BCUT2D eigenvalue weighted by molar-refractivity contribution is -0.122. The molecule has 1 amide bonds. The third kappa shape index (κ3) is 3.47. The zero-order valence-electron chi connectivity index (χ0n) is 8.32. The largest absolute Gasteiger partial charge is 0.350 e. The van der Waals surface area contributed by atoms with Crippen LogP contribution in [-0.4, -0.2) is 11.9 Å². The van der Waals surface area contributed by atoms with Crippen molar-refractivity contribution < 1.29 is 4.79 Å². The van der Waals surface area contributed by atoms with Crippen LogP contribution >= 0.6 is 11.3 Å². The Morgan fingerprint density at radius 3 is 3.07 bits per heavy atom. The first kappa shape index (κ1) is 11.2. The molecule has 0 spiro atoms. The van der Waals surface area contributed by atoms with Gasteiger partial charge in [0.05, 0.1) is 12.6 Å². The first-order chi connectivity index (χ1) is 6.74. The molecule has 14 heavy (non-hydrogen) atoms. The lowest BCUT2D eigenvalue weighted by Crippen LogP contribution is -2.39. The quantitative estimate of drug-likeness (QED) is 0.777. The van der Waals surface area contributed by atoms with Crippen molar-refractivity contribution in [2.45, 2.75) is 32.4 Å². The van der Waals surface area contributed by atoms with Gasteiger partial charge in [-0.1, -0.05) is 19.4 Å². The summed E-state index contributed by atoms with van der Waals surface area (Å²) < 4.78 is 0. The molecule has 0 aromatic carbocycles. The minimum atomic E-state index is -0.361. The lowest BCUT2D eigenvalue weighted by atomic mass is 10.2. The summed E-state index contributed by atoms with van der Waals surface area (Å²) in [5.74, 6) is -0.0553. The fourth-order valence-electron chi connectivity index (χ4n) is 1.16. The van der Waals surface area contributed by atoms with Crippen LogP contribution in [0.15, 0.2) is 17.5 Å². The molecular formula is C10H16N2OS. The van der Waals surface area contributed by atoms with Crippen molar-refractivity contribution in [1.82, 2.24) is 5.32 Å². The summed E-state index contributed by atoms with van der Waals surface area (Å²) in [4.78, 5) is 12.6. The van der Waals surface area contributed by atoms with Gasteiger partial charge in [-0.2, -0.15) is 0 Å². The first-order valence-electron chi connectivity index (χ1n) is 4.79. The van der Waals surface area contributed by atoms with E-state index in [1.165, 1.54) is 0 Å². The molecule has 0 saturated carbocycles. The van der Waals surface area contributed by atoms with Crippen LogP contribution in [-0.2, 0) is 11.3 Å². The van der Waals surface area contributed by atoms with Gasteiger partial charge in [0, 0.05) is 4.88 Å². The third-order valence-electron chi connectivity index (χ3n) is 1.95. The Morgan fingerprint density at radius 1 is 1.71 bits per heavy atom. The van der Waals surface area contributed by atoms with E-state index < -0.39 is 0 Å². The summed E-state index contributed by atoms with van der Waals surface area (Å²) in [6.45, 7) is 2.61. The zero-order chi connectivity index (χ0) is 10.4. The summed E-state index contributed by atoms with van der Waals surface area (Å²) in [5.41, 5.74) is 5.66. The molecule has 0 aliphatic carbocycles. The number of nitrogens with two attached hydrogens (primary N) is 1. The monoisotopic (exact) mass is 212 g/mol. The molecule has 1 heterocycles. The SMILES string of the molecule is CCCC(N)C(=O)NCc1cccs1. The van der Waals surface area contributed by atoms with E-state index in [2.05, 4.69) is 5.32 Å². The Labute approximate surface area is 88.3 Å². The van der Waals surface area contributed by atoms with E-state index in [1.807, 2.05) is 24.4 Å². The van der Waals surface area contributed by atoms with Gasteiger partial charge in [-0.15, -0.1) is 11.3 Å². The molecule has 1 atom stereocenters. The predicted octanol–water partition coefficient (Wildman–Crippen LogP) is 1.49. The second-order valence-corrected chi connectivity index (χ2v) is 4.22. The highest BCUT2D eigenvalue weighted by Crippen LogP contribution is 2.07. The number of amides is 1. The predicted molar refractivity (Wildman–Crippen MR) is 59.0 cm³/mol. The van der Waals surface area contributed by atoms with Crippen LogP contribution in [0.1, 0.15) is 24.6 Å². The van der Waals surface area contributed by atoms with E-state index in [4.69, 9.17) is 5.73 Å². The third-order valence-corrected chi connectivity index (χ3v) is 2.83. The van der Waals surface area contributed by atoms with E-state index in [0.29, 0.717) is 6.54 Å². The van der Waals surface area contributed by atoms with Crippen molar-refractivity contribution in [3.63, 3.8) is 0 Å². The van der Waals surface area contributed by atoms with E-state index in [0.717, 1.165) is 17.7 Å². The molecule has 1 aromatic rings. The molecule has 1 unspecified atom stereocenters. The Morgan fingerprint density at radius 2 is 2.50 bits per heavy atom. The van der Waals surface area contributed by atoms with Gasteiger partial charge < -0.3 is 11.1 Å². The molecule has 0 aliphatic rings. The highest BCUT2D eigenvalue weighted by Gasteiger charge is 2.11.